The molecule has 0 aromatic heterocycles. The van der Waals surface area contributed by atoms with E-state index in [0.29, 0.717) is 11.5 Å². The van der Waals surface area contributed by atoms with Crippen LogP contribution in [-0.2, 0) is 19.1 Å². The van der Waals surface area contributed by atoms with Gasteiger partial charge in [0.2, 0.25) is 0 Å². The van der Waals surface area contributed by atoms with E-state index in [2.05, 4.69) is 6.58 Å². The van der Waals surface area contributed by atoms with E-state index in [-0.39, 0.29) is 12.0 Å². The maximum absolute atomic E-state index is 11.8. The van der Waals surface area contributed by atoms with E-state index in [1.54, 1.807) is 54.6 Å². The highest BCUT2D eigenvalue weighted by Gasteiger charge is 2.17. The molecule has 0 bridgehead atoms. The largest absolute Gasteiger partial charge is 0.450 e. The zero-order valence-electron chi connectivity index (χ0n) is 14.3. The molecular formula is C20H18O6. The summed E-state index contributed by atoms with van der Waals surface area (Å²) in [4.78, 5) is 35.2. The highest BCUT2D eigenvalue weighted by Crippen LogP contribution is 2.14. The zero-order valence-corrected chi connectivity index (χ0v) is 14.3. The monoisotopic (exact) mass is 354 g/mol. The van der Waals surface area contributed by atoms with Crippen molar-refractivity contribution in [2.75, 3.05) is 6.61 Å². The molecule has 0 heterocycles. The molecular weight excluding hydrogens is 336 g/mol. The van der Waals surface area contributed by atoms with E-state index >= 15 is 0 Å². The Bertz CT molecular complexity index is 793. The lowest BCUT2D eigenvalue weighted by Crippen LogP contribution is -2.21. The SMILES string of the molecule is C=C(CC(=O)Oc1ccc(C)cc1)C(=O)OCC(=O)Oc1ccccc1. The van der Waals surface area contributed by atoms with Gasteiger partial charge in [-0.05, 0) is 31.2 Å². The molecule has 0 aliphatic carbocycles. The number of hydrogen-bond donors (Lipinski definition) is 0. The predicted octanol–water partition coefficient (Wildman–Crippen LogP) is 3.00. The average molecular weight is 354 g/mol. The number of rotatable bonds is 7. The molecule has 0 aliphatic heterocycles. The fourth-order valence-corrected chi connectivity index (χ4v) is 1.90. The Morgan fingerprint density at radius 3 is 2.08 bits per heavy atom. The van der Waals surface area contributed by atoms with E-state index in [1.807, 2.05) is 6.92 Å². The first-order valence-corrected chi connectivity index (χ1v) is 7.82. The summed E-state index contributed by atoms with van der Waals surface area (Å²) < 4.78 is 14.9. The third-order valence-electron chi connectivity index (χ3n) is 3.20. The molecule has 2 aromatic rings. The first-order valence-electron chi connectivity index (χ1n) is 7.82. The number of ether oxygens (including phenoxy) is 3. The second kappa shape index (κ2) is 9.17. The van der Waals surface area contributed by atoms with Gasteiger partial charge in [-0.25, -0.2) is 9.59 Å². The molecule has 0 unspecified atom stereocenters. The average Bonchev–Trinajstić information content (AvgIpc) is 2.62. The van der Waals surface area contributed by atoms with Crippen LogP contribution in [0, 0.1) is 6.92 Å². The molecule has 2 rings (SSSR count). The van der Waals surface area contributed by atoms with Crippen LogP contribution in [0.3, 0.4) is 0 Å². The van der Waals surface area contributed by atoms with Crippen LogP contribution in [0.15, 0.2) is 66.7 Å². The minimum atomic E-state index is -0.865. The first kappa shape index (κ1) is 18.9. The van der Waals surface area contributed by atoms with Crippen molar-refractivity contribution in [2.45, 2.75) is 13.3 Å². The van der Waals surface area contributed by atoms with E-state index in [4.69, 9.17) is 14.2 Å². The summed E-state index contributed by atoms with van der Waals surface area (Å²) in [6.07, 6.45) is -0.347. The van der Waals surface area contributed by atoms with E-state index in [9.17, 15) is 14.4 Å². The number of aryl methyl sites for hydroxylation is 1. The standard InChI is InChI=1S/C20H18O6/c1-14-8-10-17(11-9-14)25-18(21)12-15(2)20(23)24-13-19(22)26-16-6-4-3-5-7-16/h3-11H,2,12-13H2,1H3. The number of carbonyl (C=O) groups is 3. The Morgan fingerprint density at radius 2 is 1.42 bits per heavy atom. The third kappa shape index (κ3) is 6.24. The van der Waals surface area contributed by atoms with Crippen molar-refractivity contribution in [3.05, 3.63) is 72.3 Å². The van der Waals surface area contributed by atoms with Crippen LogP contribution in [-0.4, -0.2) is 24.5 Å². The summed E-state index contributed by atoms with van der Waals surface area (Å²) >= 11 is 0. The Balaban J connectivity index is 1.74. The number of carbonyl (C=O) groups excluding carboxylic acids is 3. The molecule has 0 atom stereocenters. The van der Waals surface area contributed by atoms with Gasteiger partial charge in [0.1, 0.15) is 11.5 Å². The third-order valence-corrected chi connectivity index (χ3v) is 3.20. The molecule has 0 radical (unpaired) electrons. The van der Waals surface area contributed by atoms with Crippen LogP contribution in [0.1, 0.15) is 12.0 Å². The molecule has 0 fully saturated rings. The van der Waals surface area contributed by atoms with Crippen molar-refractivity contribution in [1.82, 2.24) is 0 Å². The Morgan fingerprint density at radius 1 is 0.846 bits per heavy atom. The fraction of sp³-hybridized carbons (Fsp3) is 0.150. The minimum absolute atomic E-state index is 0.116. The summed E-state index contributed by atoms with van der Waals surface area (Å²) in [5.74, 6) is -1.54. The zero-order chi connectivity index (χ0) is 18.9. The van der Waals surface area contributed by atoms with Crippen LogP contribution >= 0.6 is 0 Å². The second-order valence-electron chi connectivity index (χ2n) is 5.43. The van der Waals surface area contributed by atoms with Crippen LogP contribution in [0.25, 0.3) is 0 Å². The highest BCUT2D eigenvalue weighted by atomic mass is 16.6. The van der Waals surface area contributed by atoms with Crippen LogP contribution < -0.4 is 9.47 Å². The predicted molar refractivity (Wildman–Crippen MR) is 93.6 cm³/mol. The molecule has 0 saturated carbocycles. The normalized spacial score (nSPS) is 9.88. The molecule has 0 N–H and O–H groups in total. The number of para-hydroxylation sites is 1. The lowest BCUT2D eigenvalue weighted by molar-refractivity contribution is -0.151. The van der Waals surface area contributed by atoms with Crippen molar-refractivity contribution < 1.29 is 28.6 Å². The lowest BCUT2D eigenvalue weighted by Gasteiger charge is -2.08. The van der Waals surface area contributed by atoms with Crippen molar-refractivity contribution in [3.63, 3.8) is 0 Å². The summed E-state index contributed by atoms with van der Waals surface area (Å²) in [7, 11) is 0. The molecule has 6 heteroatoms. The van der Waals surface area contributed by atoms with E-state index in [0.717, 1.165) is 5.56 Å². The van der Waals surface area contributed by atoms with Gasteiger partial charge in [-0.1, -0.05) is 42.5 Å². The van der Waals surface area contributed by atoms with Gasteiger partial charge in [0.25, 0.3) is 0 Å². The summed E-state index contributed by atoms with van der Waals surface area (Å²) in [6.45, 7) is 4.81. The highest BCUT2D eigenvalue weighted by molar-refractivity contribution is 5.94. The molecule has 2 aromatic carbocycles. The Labute approximate surface area is 151 Å². The van der Waals surface area contributed by atoms with Gasteiger partial charge in [0.05, 0.1) is 6.42 Å². The van der Waals surface area contributed by atoms with Crippen molar-refractivity contribution in [1.29, 1.82) is 0 Å². The van der Waals surface area contributed by atoms with Gasteiger partial charge < -0.3 is 14.2 Å². The summed E-state index contributed by atoms with van der Waals surface area (Å²) in [5.41, 5.74) is 0.912. The molecule has 134 valence electrons. The van der Waals surface area contributed by atoms with Gasteiger partial charge >= 0.3 is 17.9 Å². The van der Waals surface area contributed by atoms with Gasteiger partial charge in [0, 0.05) is 5.57 Å². The molecule has 0 saturated heterocycles. The maximum Gasteiger partial charge on any atom is 0.349 e. The number of hydrogen-bond acceptors (Lipinski definition) is 6. The van der Waals surface area contributed by atoms with Gasteiger partial charge in [-0.15, -0.1) is 0 Å². The van der Waals surface area contributed by atoms with Crippen LogP contribution in [0.2, 0.25) is 0 Å². The summed E-state index contributed by atoms with van der Waals surface area (Å²) in [6, 6.07) is 15.3. The van der Waals surface area contributed by atoms with Gasteiger partial charge in [-0.3, -0.25) is 4.79 Å². The quantitative estimate of drug-likeness (QED) is 0.432. The maximum atomic E-state index is 11.8. The molecule has 0 spiro atoms. The van der Waals surface area contributed by atoms with Crippen molar-refractivity contribution in [3.8, 4) is 11.5 Å². The molecule has 0 amide bonds. The minimum Gasteiger partial charge on any atom is -0.450 e. The lowest BCUT2D eigenvalue weighted by atomic mass is 10.2. The number of benzene rings is 2. The van der Waals surface area contributed by atoms with Crippen LogP contribution in [0.4, 0.5) is 0 Å². The summed E-state index contributed by atoms with van der Waals surface area (Å²) in [5, 5.41) is 0. The molecule has 0 aliphatic rings. The van der Waals surface area contributed by atoms with Gasteiger partial charge in [-0.2, -0.15) is 0 Å². The van der Waals surface area contributed by atoms with E-state index < -0.39 is 24.5 Å². The van der Waals surface area contributed by atoms with E-state index in [1.165, 1.54) is 0 Å². The smallest absolute Gasteiger partial charge is 0.349 e. The van der Waals surface area contributed by atoms with Crippen molar-refractivity contribution in [2.24, 2.45) is 0 Å². The topological polar surface area (TPSA) is 78.9 Å². The first-order chi connectivity index (χ1) is 12.4. The van der Waals surface area contributed by atoms with Crippen molar-refractivity contribution >= 4 is 17.9 Å². The Hall–Kier alpha value is -3.41. The second-order valence-corrected chi connectivity index (χ2v) is 5.43. The fourth-order valence-electron chi connectivity index (χ4n) is 1.90. The molecule has 26 heavy (non-hydrogen) atoms. The van der Waals surface area contributed by atoms with Gasteiger partial charge in [0.15, 0.2) is 6.61 Å². The molecule has 6 nitrogen and oxygen atoms in total. The number of esters is 3. The van der Waals surface area contributed by atoms with Crippen LogP contribution in [0.5, 0.6) is 11.5 Å². The Kier molecular flexibility index (Phi) is 6.68.